The Labute approximate surface area is 106 Å². The molecule has 1 aromatic rings. The van der Waals surface area contributed by atoms with E-state index < -0.39 is 6.10 Å². The number of aliphatic hydroxyl groups excluding tert-OH is 1. The first-order valence-corrected chi connectivity index (χ1v) is 5.78. The minimum Gasteiger partial charge on any atom is -0.491 e. The number of rotatable bonds is 7. The number of hydrogen-bond donors (Lipinski definition) is 1. The van der Waals surface area contributed by atoms with Gasteiger partial charge in [0.2, 0.25) is 0 Å². The van der Waals surface area contributed by atoms with Crippen LogP contribution >= 0.6 is 0 Å². The Balaban J connectivity index is 1.67. The van der Waals surface area contributed by atoms with Crippen LogP contribution in [-0.2, 0) is 9.47 Å². The fourth-order valence-electron chi connectivity index (χ4n) is 1.40. The molecule has 0 aromatic heterocycles. The standard InChI is InChI=1S/C13H15NO4/c14-5-10-2-1-3-12(4-10)17-7-11(15)6-16-8-13-9-18-13/h1-4,11,13,15H,6-9H2. The number of epoxide rings is 1. The Morgan fingerprint density at radius 3 is 3.06 bits per heavy atom. The first kappa shape index (κ1) is 12.8. The van der Waals surface area contributed by atoms with Crippen LogP contribution in [0.15, 0.2) is 24.3 Å². The summed E-state index contributed by atoms with van der Waals surface area (Å²) in [5.41, 5.74) is 0.532. The molecule has 5 heteroatoms. The summed E-state index contributed by atoms with van der Waals surface area (Å²) in [6.07, 6.45) is -0.486. The first-order chi connectivity index (χ1) is 8.78. The molecule has 18 heavy (non-hydrogen) atoms. The van der Waals surface area contributed by atoms with Crippen LogP contribution in [0.3, 0.4) is 0 Å². The summed E-state index contributed by atoms with van der Waals surface area (Å²) < 4.78 is 15.6. The molecule has 1 saturated heterocycles. The van der Waals surface area contributed by atoms with Gasteiger partial charge in [0, 0.05) is 0 Å². The highest BCUT2D eigenvalue weighted by Gasteiger charge is 2.22. The molecule has 0 spiro atoms. The number of nitriles is 1. The minimum atomic E-state index is -0.686. The zero-order chi connectivity index (χ0) is 12.8. The number of hydrogen-bond acceptors (Lipinski definition) is 5. The van der Waals surface area contributed by atoms with Gasteiger partial charge < -0.3 is 19.3 Å². The van der Waals surface area contributed by atoms with Gasteiger partial charge in [0.15, 0.2) is 0 Å². The highest BCUT2D eigenvalue weighted by molar-refractivity contribution is 5.36. The monoisotopic (exact) mass is 249 g/mol. The molecule has 2 rings (SSSR count). The van der Waals surface area contributed by atoms with Crippen molar-refractivity contribution < 1.29 is 19.3 Å². The molecule has 1 aliphatic rings. The fourth-order valence-corrected chi connectivity index (χ4v) is 1.40. The van der Waals surface area contributed by atoms with Gasteiger partial charge in [-0.3, -0.25) is 0 Å². The van der Waals surface area contributed by atoms with E-state index in [0.717, 1.165) is 6.61 Å². The number of ether oxygens (including phenoxy) is 3. The summed E-state index contributed by atoms with van der Waals surface area (Å²) in [5, 5.41) is 18.3. The molecule has 1 heterocycles. The number of nitrogens with zero attached hydrogens (tertiary/aromatic N) is 1. The zero-order valence-corrected chi connectivity index (χ0v) is 9.91. The summed E-state index contributed by atoms with van der Waals surface area (Å²) >= 11 is 0. The third-order valence-electron chi connectivity index (χ3n) is 2.42. The van der Waals surface area contributed by atoms with Crippen LogP contribution in [0.1, 0.15) is 5.56 Å². The lowest BCUT2D eigenvalue weighted by Gasteiger charge is -2.12. The van der Waals surface area contributed by atoms with Crippen molar-refractivity contribution in [2.75, 3.05) is 26.4 Å². The van der Waals surface area contributed by atoms with Gasteiger partial charge in [-0.1, -0.05) is 6.07 Å². The fraction of sp³-hybridized carbons (Fsp3) is 0.462. The lowest BCUT2D eigenvalue weighted by molar-refractivity contribution is 0.00761. The highest BCUT2D eigenvalue weighted by Crippen LogP contribution is 2.13. The van der Waals surface area contributed by atoms with Gasteiger partial charge in [-0.25, -0.2) is 0 Å². The van der Waals surface area contributed by atoms with Gasteiger partial charge in [-0.15, -0.1) is 0 Å². The molecule has 2 atom stereocenters. The maximum absolute atomic E-state index is 9.61. The van der Waals surface area contributed by atoms with Crippen LogP contribution in [-0.4, -0.2) is 43.7 Å². The largest absolute Gasteiger partial charge is 0.491 e. The lowest BCUT2D eigenvalue weighted by atomic mass is 10.2. The Kier molecular flexibility index (Phi) is 4.53. The average Bonchev–Trinajstić information content (AvgIpc) is 3.21. The molecule has 2 unspecified atom stereocenters. The van der Waals surface area contributed by atoms with E-state index in [0.29, 0.717) is 17.9 Å². The molecule has 1 aromatic carbocycles. The summed E-state index contributed by atoms with van der Waals surface area (Å²) in [5.74, 6) is 0.568. The van der Waals surface area contributed by atoms with Crippen molar-refractivity contribution in [1.29, 1.82) is 5.26 Å². The molecule has 0 radical (unpaired) electrons. The van der Waals surface area contributed by atoms with Crippen LogP contribution in [0.2, 0.25) is 0 Å². The molecule has 0 bridgehead atoms. The van der Waals surface area contributed by atoms with Crippen LogP contribution in [0.25, 0.3) is 0 Å². The van der Waals surface area contributed by atoms with Gasteiger partial charge >= 0.3 is 0 Å². The van der Waals surface area contributed by atoms with E-state index in [9.17, 15) is 5.11 Å². The molecular formula is C13H15NO4. The van der Waals surface area contributed by atoms with Crippen molar-refractivity contribution in [3.63, 3.8) is 0 Å². The average molecular weight is 249 g/mol. The number of benzene rings is 1. The lowest BCUT2D eigenvalue weighted by Crippen LogP contribution is -2.24. The summed E-state index contributed by atoms with van der Waals surface area (Å²) in [6.45, 7) is 1.62. The Bertz CT molecular complexity index is 425. The van der Waals surface area contributed by atoms with Gasteiger partial charge in [-0.05, 0) is 18.2 Å². The molecule has 5 nitrogen and oxygen atoms in total. The SMILES string of the molecule is N#Cc1cccc(OCC(O)COCC2CO2)c1. The van der Waals surface area contributed by atoms with Gasteiger partial charge in [0.25, 0.3) is 0 Å². The van der Waals surface area contributed by atoms with E-state index in [-0.39, 0.29) is 19.3 Å². The summed E-state index contributed by atoms with van der Waals surface area (Å²) in [7, 11) is 0. The highest BCUT2D eigenvalue weighted by atomic mass is 16.6. The van der Waals surface area contributed by atoms with Crippen LogP contribution < -0.4 is 4.74 Å². The van der Waals surface area contributed by atoms with Crippen molar-refractivity contribution >= 4 is 0 Å². The third kappa shape index (κ3) is 4.34. The van der Waals surface area contributed by atoms with E-state index >= 15 is 0 Å². The quantitative estimate of drug-likeness (QED) is 0.720. The second-order valence-electron chi connectivity index (χ2n) is 4.10. The van der Waals surface area contributed by atoms with Crippen LogP contribution in [0.5, 0.6) is 5.75 Å². The van der Waals surface area contributed by atoms with E-state index in [1.807, 2.05) is 6.07 Å². The molecule has 96 valence electrons. The van der Waals surface area contributed by atoms with Gasteiger partial charge in [0.05, 0.1) is 31.5 Å². The number of aliphatic hydroxyl groups is 1. The van der Waals surface area contributed by atoms with Gasteiger partial charge in [0.1, 0.15) is 24.6 Å². The molecule has 0 aliphatic carbocycles. The molecule has 0 saturated carbocycles. The van der Waals surface area contributed by atoms with Crippen molar-refractivity contribution in [3.8, 4) is 11.8 Å². The third-order valence-corrected chi connectivity index (χ3v) is 2.42. The Morgan fingerprint density at radius 2 is 2.33 bits per heavy atom. The minimum absolute atomic E-state index is 0.139. The summed E-state index contributed by atoms with van der Waals surface area (Å²) in [6, 6.07) is 8.83. The van der Waals surface area contributed by atoms with E-state index in [1.54, 1.807) is 24.3 Å². The maximum atomic E-state index is 9.61. The van der Waals surface area contributed by atoms with Crippen molar-refractivity contribution in [2.45, 2.75) is 12.2 Å². The topological polar surface area (TPSA) is 75.0 Å². The maximum Gasteiger partial charge on any atom is 0.120 e. The zero-order valence-electron chi connectivity index (χ0n) is 9.91. The predicted octanol–water partition coefficient (Wildman–Crippen LogP) is 0.713. The smallest absolute Gasteiger partial charge is 0.120 e. The van der Waals surface area contributed by atoms with Crippen LogP contribution in [0, 0.1) is 11.3 Å². The molecule has 1 fully saturated rings. The Hall–Kier alpha value is -1.61. The normalized spacial score (nSPS) is 19.0. The van der Waals surface area contributed by atoms with E-state index in [1.165, 1.54) is 0 Å². The van der Waals surface area contributed by atoms with E-state index in [4.69, 9.17) is 19.5 Å². The second-order valence-corrected chi connectivity index (χ2v) is 4.10. The van der Waals surface area contributed by atoms with Crippen molar-refractivity contribution in [3.05, 3.63) is 29.8 Å². The summed E-state index contributed by atoms with van der Waals surface area (Å²) in [4.78, 5) is 0. The molecule has 0 amide bonds. The Morgan fingerprint density at radius 1 is 1.50 bits per heavy atom. The van der Waals surface area contributed by atoms with Crippen molar-refractivity contribution in [2.24, 2.45) is 0 Å². The second kappa shape index (κ2) is 6.36. The molecule has 1 N–H and O–H groups in total. The van der Waals surface area contributed by atoms with Crippen LogP contribution in [0.4, 0.5) is 0 Å². The first-order valence-electron chi connectivity index (χ1n) is 5.78. The van der Waals surface area contributed by atoms with Gasteiger partial charge in [-0.2, -0.15) is 5.26 Å². The van der Waals surface area contributed by atoms with Crippen molar-refractivity contribution in [1.82, 2.24) is 0 Å². The molecule has 1 aliphatic heterocycles. The molecular weight excluding hydrogens is 234 g/mol. The predicted molar refractivity (Wildman–Crippen MR) is 63.2 cm³/mol. The van der Waals surface area contributed by atoms with E-state index in [2.05, 4.69) is 0 Å².